The van der Waals surface area contributed by atoms with Gasteiger partial charge in [-0.25, -0.2) is 9.78 Å². The molecule has 0 bridgehead atoms. The van der Waals surface area contributed by atoms with Gasteiger partial charge < -0.3 is 15.0 Å². The molecule has 5 heteroatoms. The van der Waals surface area contributed by atoms with Crippen molar-refractivity contribution in [2.75, 3.05) is 26.6 Å². The molecule has 1 aromatic rings. The number of aromatic nitrogens is 1. The van der Waals surface area contributed by atoms with Gasteiger partial charge in [-0.1, -0.05) is 0 Å². The Labute approximate surface area is 89.7 Å². The molecule has 0 atom stereocenters. The lowest BCUT2D eigenvalue weighted by molar-refractivity contribution is -0.283. The number of methoxy groups -OCH3 is 1. The molecule has 0 fully saturated rings. The summed E-state index contributed by atoms with van der Waals surface area (Å²) in [7, 11) is 5.08. The SMILES string of the molecule is COCCc1cn(C)c(COOC)c1N. The van der Waals surface area contributed by atoms with Crippen molar-refractivity contribution in [2.45, 2.75) is 13.0 Å². The van der Waals surface area contributed by atoms with E-state index in [0.29, 0.717) is 13.2 Å². The van der Waals surface area contributed by atoms with Crippen LogP contribution in [0.15, 0.2) is 6.20 Å². The Morgan fingerprint density at radius 3 is 2.73 bits per heavy atom. The molecule has 86 valence electrons. The highest BCUT2D eigenvalue weighted by Gasteiger charge is 2.11. The summed E-state index contributed by atoms with van der Waals surface area (Å²) < 4.78 is 6.95. The van der Waals surface area contributed by atoms with E-state index in [0.717, 1.165) is 23.4 Å². The Kier molecular flexibility index (Phi) is 4.61. The highest BCUT2D eigenvalue weighted by molar-refractivity contribution is 5.52. The fourth-order valence-electron chi connectivity index (χ4n) is 1.46. The second kappa shape index (κ2) is 5.75. The fourth-order valence-corrected chi connectivity index (χ4v) is 1.46. The van der Waals surface area contributed by atoms with E-state index in [1.807, 2.05) is 17.8 Å². The normalized spacial score (nSPS) is 10.9. The number of ether oxygens (including phenoxy) is 1. The largest absolute Gasteiger partial charge is 0.397 e. The monoisotopic (exact) mass is 214 g/mol. The fraction of sp³-hybridized carbons (Fsp3) is 0.600. The summed E-state index contributed by atoms with van der Waals surface area (Å²) in [6.07, 6.45) is 2.80. The second-order valence-electron chi connectivity index (χ2n) is 3.30. The van der Waals surface area contributed by atoms with E-state index in [-0.39, 0.29) is 0 Å². The number of nitrogen functional groups attached to an aromatic ring is 1. The van der Waals surface area contributed by atoms with E-state index < -0.39 is 0 Å². The van der Waals surface area contributed by atoms with Gasteiger partial charge in [0, 0.05) is 20.4 Å². The minimum absolute atomic E-state index is 0.353. The number of nitrogens with two attached hydrogens (primary N) is 1. The minimum Gasteiger partial charge on any atom is -0.397 e. The summed E-state index contributed by atoms with van der Waals surface area (Å²) >= 11 is 0. The van der Waals surface area contributed by atoms with E-state index in [2.05, 4.69) is 4.89 Å². The van der Waals surface area contributed by atoms with Crippen molar-refractivity contribution in [3.8, 4) is 0 Å². The average Bonchev–Trinajstić information content (AvgIpc) is 2.49. The first-order valence-electron chi connectivity index (χ1n) is 4.77. The van der Waals surface area contributed by atoms with E-state index >= 15 is 0 Å². The van der Waals surface area contributed by atoms with Crippen LogP contribution in [0.4, 0.5) is 5.69 Å². The van der Waals surface area contributed by atoms with Gasteiger partial charge in [-0.15, -0.1) is 0 Å². The van der Waals surface area contributed by atoms with E-state index in [4.69, 9.17) is 15.4 Å². The second-order valence-corrected chi connectivity index (χ2v) is 3.30. The summed E-state index contributed by atoms with van der Waals surface area (Å²) in [6, 6.07) is 0. The number of aryl methyl sites for hydroxylation is 1. The van der Waals surface area contributed by atoms with Crippen LogP contribution in [0.25, 0.3) is 0 Å². The van der Waals surface area contributed by atoms with Crippen LogP contribution in [0.3, 0.4) is 0 Å². The van der Waals surface area contributed by atoms with Crippen LogP contribution >= 0.6 is 0 Å². The predicted molar refractivity (Wildman–Crippen MR) is 57.2 cm³/mol. The summed E-state index contributed by atoms with van der Waals surface area (Å²) in [6.45, 7) is 1.02. The lowest BCUT2D eigenvalue weighted by atomic mass is 10.2. The predicted octanol–water partition coefficient (Wildman–Crippen LogP) is 0.874. The van der Waals surface area contributed by atoms with Crippen molar-refractivity contribution < 1.29 is 14.5 Å². The molecule has 15 heavy (non-hydrogen) atoms. The molecule has 2 N–H and O–H groups in total. The van der Waals surface area contributed by atoms with E-state index in [9.17, 15) is 0 Å². The Morgan fingerprint density at radius 2 is 2.13 bits per heavy atom. The maximum absolute atomic E-state index is 5.97. The molecular formula is C10H18N2O3. The lowest BCUT2D eigenvalue weighted by Crippen LogP contribution is -2.02. The van der Waals surface area contributed by atoms with Crippen LogP contribution in [-0.2, 0) is 34.6 Å². The quantitative estimate of drug-likeness (QED) is 0.564. The van der Waals surface area contributed by atoms with Gasteiger partial charge >= 0.3 is 0 Å². The Morgan fingerprint density at radius 1 is 1.40 bits per heavy atom. The number of nitrogens with zero attached hydrogens (tertiary/aromatic N) is 1. The third-order valence-corrected chi connectivity index (χ3v) is 2.32. The van der Waals surface area contributed by atoms with Crippen LogP contribution in [0.5, 0.6) is 0 Å². The summed E-state index contributed by atoms with van der Waals surface area (Å²) in [4.78, 5) is 9.42. The van der Waals surface area contributed by atoms with Gasteiger partial charge in [0.25, 0.3) is 0 Å². The van der Waals surface area contributed by atoms with Crippen molar-refractivity contribution in [3.63, 3.8) is 0 Å². The van der Waals surface area contributed by atoms with Gasteiger partial charge in [-0.05, 0) is 12.0 Å². The molecule has 0 unspecified atom stereocenters. The van der Waals surface area contributed by atoms with Crippen molar-refractivity contribution in [2.24, 2.45) is 7.05 Å². The molecule has 5 nitrogen and oxygen atoms in total. The van der Waals surface area contributed by atoms with Gasteiger partial charge in [0.2, 0.25) is 0 Å². The standard InChI is InChI=1S/C10H18N2O3/c1-12-6-8(4-5-13-2)10(11)9(12)7-15-14-3/h6H,4-5,7,11H2,1-3H3. The topological polar surface area (TPSA) is 58.6 Å². The van der Waals surface area contributed by atoms with Crippen LogP contribution in [0.1, 0.15) is 11.3 Å². The molecule has 0 saturated heterocycles. The van der Waals surface area contributed by atoms with Crippen molar-refractivity contribution in [3.05, 3.63) is 17.5 Å². The van der Waals surface area contributed by atoms with Crippen LogP contribution in [0, 0.1) is 0 Å². The molecule has 0 amide bonds. The molecule has 1 aromatic heterocycles. The highest BCUT2D eigenvalue weighted by Crippen LogP contribution is 2.20. The molecule has 0 aromatic carbocycles. The average molecular weight is 214 g/mol. The van der Waals surface area contributed by atoms with Crippen LogP contribution < -0.4 is 5.73 Å². The molecule has 0 spiro atoms. The van der Waals surface area contributed by atoms with Crippen molar-refractivity contribution in [1.82, 2.24) is 4.57 Å². The maximum atomic E-state index is 5.97. The zero-order valence-corrected chi connectivity index (χ0v) is 9.45. The van der Waals surface area contributed by atoms with Crippen LogP contribution in [0.2, 0.25) is 0 Å². The van der Waals surface area contributed by atoms with Gasteiger partial charge in [-0.3, -0.25) is 0 Å². The summed E-state index contributed by atoms with van der Waals surface area (Å²) in [5.41, 5.74) is 8.73. The van der Waals surface area contributed by atoms with Gasteiger partial charge in [0.1, 0.15) is 6.61 Å². The molecule has 0 aliphatic carbocycles. The highest BCUT2D eigenvalue weighted by atomic mass is 17.2. The number of hydrogen-bond donors (Lipinski definition) is 1. The van der Waals surface area contributed by atoms with E-state index in [1.165, 1.54) is 7.11 Å². The molecule has 0 saturated carbocycles. The Hall–Kier alpha value is -1.04. The number of rotatable bonds is 6. The lowest BCUT2D eigenvalue weighted by Gasteiger charge is -2.04. The first-order valence-corrected chi connectivity index (χ1v) is 4.77. The zero-order valence-electron chi connectivity index (χ0n) is 9.45. The maximum Gasteiger partial charge on any atom is 0.124 e. The van der Waals surface area contributed by atoms with Crippen LogP contribution in [-0.4, -0.2) is 25.4 Å². The third-order valence-electron chi connectivity index (χ3n) is 2.32. The van der Waals surface area contributed by atoms with Gasteiger partial charge in [0.15, 0.2) is 0 Å². The van der Waals surface area contributed by atoms with E-state index in [1.54, 1.807) is 7.11 Å². The number of anilines is 1. The first kappa shape index (κ1) is 12.0. The zero-order chi connectivity index (χ0) is 11.3. The van der Waals surface area contributed by atoms with Gasteiger partial charge in [-0.2, -0.15) is 0 Å². The third kappa shape index (κ3) is 2.95. The summed E-state index contributed by atoms with van der Waals surface area (Å²) in [5, 5.41) is 0. The molecule has 0 aliphatic heterocycles. The summed E-state index contributed by atoms with van der Waals surface area (Å²) in [5.74, 6) is 0. The van der Waals surface area contributed by atoms with Gasteiger partial charge in [0.05, 0.1) is 25.1 Å². The molecule has 0 radical (unpaired) electrons. The Bertz CT molecular complexity index is 310. The molecule has 0 aliphatic rings. The molecular weight excluding hydrogens is 196 g/mol. The first-order chi connectivity index (χ1) is 7.20. The molecule has 1 heterocycles. The van der Waals surface area contributed by atoms with Crippen molar-refractivity contribution >= 4 is 5.69 Å². The van der Waals surface area contributed by atoms with Crippen molar-refractivity contribution in [1.29, 1.82) is 0 Å². The Balaban J connectivity index is 2.74. The number of hydrogen-bond acceptors (Lipinski definition) is 4. The smallest absolute Gasteiger partial charge is 0.124 e. The molecule has 1 rings (SSSR count). The minimum atomic E-state index is 0.353.